The van der Waals surface area contributed by atoms with Gasteiger partial charge in [-0.1, -0.05) is 24.1 Å². The zero-order valence-corrected chi connectivity index (χ0v) is 10.3. The summed E-state index contributed by atoms with van der Waals surface area (Å²) in [5.74, 6) is 5.34. The van der Waals surface area contributed by atoms with Crippen molar-refractivity contribution in [3.05, 3.63) is 30.3 Å². The molecular weight excluding hydrogens is 224 g/mol. The Morgan fingerprint density at radius 2 is 1.75 bits per heavy atom. The van der Waals surface area contributed by atoms with Crippen molar-refractivity contribution in [2.75, 3.05) is 0 Å². The van der Waals surface area contributed by atoms with E-state index in [9.17, 15) is 8.42 Å². The van der Waals surface area contributed by atoms with E-state index in [4.69, 9.17) is 4.18 Å². The van der Waals surface area contributed by atoms with Crippen LogP contribution in [-0.4, -0.2) is 14.0 Å². The first-order valence-corrected chi connectivity index (χ1v) is 6.23. The largest absolute Gasteiger partial charge is 0.298 e. The van der Waals surface area contributed by atoms with Crippen LogP contribution < -0.4 is 0 Å². The number of hydrogen-bond acceptors (Lipinski definition) is 3. The lowest BCUT2D eigenvalue weighted by Crippen LogP contribution is -2.26. The molecular formula is C12H14O3S. The summed E-state index contributed by atoms with van der Waals surface area (Å²) in [6.45, 7) is 4.87. The van der Waals surface area contributed by atoms with Crippen LogP contribution in [0.15, 0.2) is 35.2 Å². The van der Waals surface area contributed by atoms with Gasteiger partial charge in [-0.15, -0.1) is 5.92 Å². The molecule has 0 aromatic heterocycles. The van der Waals surface area contributed by atoms with Crippen LogP contribution in [0.25, 0.3) is 0 Å². The van der Waals surface area contributed by atoms with Gasteiger partial charge in [-0.3, -0.25) is 0 Å². The van der Waals surface area contributed by atoms with Crippen LogP contribution in [0.2, 0.25) is 0 Å². The van der Waals surface area contributed by atoms with Crippen LogP contribution in [0.5, 0.6) is 0 Å². The van der Waals surface area contributed by atoms with Gasteiger partial charge >= 0.3 is 0 Å². The summed E-state index contributed by atoms with van der Waals surface area (Å²) in [5, 5.41) is 0. The fourth-order valence-corrected chi connectivity index (χ4v) is 2.41. The van der Waals surface area contributed by atoms with Crippen LogP contribution in [0.4, 0.5) is 0 Å². The van der Waals surface area contributed by atoms with Crippen molar-refractivity contribution in [2.24, 2.45) is 0 Å². The highest BCUT2D eigenvalue weighted by molar-refractivity contribution is 7.86. The zero-order valence-electron chi connectivity index (χ0n) is 9.52. The van der Waals surface area contributed by atoms with Crippen molar-refractivity contribution in [2.45, 2.75) is 31.3 Å². The molecule has 86 valence electrons. The van der Waals surface area contributed by atoms with Gasteiger partial charge in [0.25, 0.3) is 10.1 Å². The third kappa shape index (κ3) is 3.37. The molecule has 0 heterocycles. The van der Waals surface area contributed by atoms with E-state index in [1.54, 1.807) is 39.0 Å². The first-order chi connectivity index (χ1) is 7.37. The van der Waals surface area contributed by atoms with E-state index >= 15 is 0 Å². The van der Waals surface area contributed by atoms with Crippen molar-refractivity contribution in [3.8, 4) is 11.8 Å². The van der Waals surface area contributed by atoms with E-state index in [0.717, 1.165) is 0 Å². The molecule has 0 aliphatic heterocycles. The van der Waals surface area contributed by atoms with E-state index in [2.05, 4.69) is 11.8 Å². The summed E-state index contributed by atoms with van der Waals surface area (Å²) >= 11 is 0. The lowest BCUT2D eigenvalue weighted by atomic mass is 10.1. The van der Waals surface area contributed by atoms with Gasteiger partial charge in [-0.2, -0.15) is 8.42 Å². The molecule has 1 aromatic carbocycles. The van der Waals surface area contributed by atoms with Crippen molar-refractivity contribution in [1.82, 2.24) is 0 Å². The Kier molecular flexibility index (Phi) is 3.74. The average molecular weight is 238 g/mol. The molecule has 0 saturated heterocycles. The van der Waals surface area contributed by atoms with Gasteiger partial charge < -0.3 is 0 Å². The molecule has 3 nitrogen and oxygen atoms in total. The Hall–Kier alpha value is -1.31. The van der Waals surface area contributed by atoms with E-state index in [1.165, 1.54) is 12.1 Å². The summed E-state index contributed by atoms with van der Waals surface area (Å²) in [4.78, 5) is 0.140. The zero-order chi connectivity index (χ0) is 12.2. The Morgan fingerprint density at radius 3 is 2.25 bits per heavy atom. The summed E-state index contributed by atoms with van der Waals surface area (Å²) in [5.41, 5.74) is -1.01. The third-order valence-corrected chi connectivity index (χ3v) is 3.26. The summed E-state index contributed by atoms with van der Waals surface area (Å²) in [7, 11) is -3.74. The molecule has 0 aliphatic rings. The predicted molar refractivity (Wildman–Crippen MR) is 62.2 cm³/mol. The monoisotopic (exact) mass is 238 g/mol. The minimum Gasteiger partial charge on any atom is -0.247 e. The van der Waals surface area contributed by atoms with Gasteiger partial charge in [0.05, 0.1) is 4.90 Å². The normalized spacial score (nSPS) is 11.7. The van der Waals surface area contributed by atoms with E-state index in [0.29, 0.717) is 0 Å². The second kappa shape index (κ2) is 4.69. The van der Waals surface area contributed by atoms with Gasteiger partial charge in [-0.25, -0.2) is 4.18 Å². The fourth-order valence-electron chi connectivity index (χ4n) is 1.23. The van der Waals surface area contributed by atoms with Crippen LogP contribution >= 0.6 is 0 Å². The molecule has 0 N–H and O–H groups in total. The highest BCUT2D eigenvalue weighted by atomic mass is 32.2. The van der Waals surface area contributed by atoms with Gasteiger partial charge in [0.15, 0.2) is 0 Å². The van der Waals surface area contributed by atoms with Gasteiger partial charge in [0.1, 0.15) is 5.60 Å². The van der Waals surface area contributed by atoms with Gasteiger partial charge in [0.2, 0.25) is 0 Å². The lowest BCUT2D eigenvalue weighted by Gasteiger charge is -2.17. The molecule has 0 fully saturated rings. The smallest absolute Gasteiger partial charge is 0.247 e. The summed E-state index contributed by atoms with van der Waals surface area (Å²) < 4.78 is 28.7. The van der Waals surface area contributed by atoms with Crippen LogP contribution in [-0.2, 0) is 14.3 Å². The van der Waals surface area contributed by atoms with Crippen LogP contribution in [0, 0.1) is 11.8 Å². The van der Waals surface area contributed by atoms with E-state index in [1.807, 2.05) is 0 Å². The molecule has 16 heavy (non-hydrogen) atoms. The van der Waals surface area contributed by atoms with Gasteiger partial charge in [0, 0.05) is 0 Å². The van der Waals surface area contributed by atoms with E-state index in [-0.39, 0.29) is 4.90 Å². The third-order valence-electron chi connectivity index (χ3n) is 1.78. The highest BCUT2D eigenvalue weighted by Gasteiger charge is 2.25. The predicted octanol–water partition coefficient (Wildman–Crippen LogP) is 2.19. The molecule has 0 amide bonds. The molecule has 0 bridgehead atoms. The fraction of sp³-hybridized carbons (Fsp3) is 0.333. The molecule has 0 spiro atoms. The first kappa shape index (κ1) is 12.8. The second-order valence-corrected chi connectivity index (χ2v) is 5.28. The summed E-state index contributed by atoms with van der Waals surface area (Å²) in [6, 6.07) is 8.02. The quantitative estimate of drug-likeness (QED) is 0.599. The van der Waals surface area contributed by atoms with Gasteiger partial charge in [-0.05, 0) is 32.9 Å². The van der Waals surface area contributed by atoms with Crippen molar-refractivity contribution in [3.63, 3.8) is 0 Å². The maximum atomic E-state index is 11.8. The first-order valence-electron chi connectivity index (χ1n) is 4.82. The van der Waals surface area contributed by atoms with Crippen LogP contribution in [0.3, 0.4) is 0 Å². The molecule has 0 unspecified atom stereocenters. The standard InChI is InChI=1S/C12H14O3S/c1-4-10-12(2,3)15-16(13,14)11-8-6-5-7-9-11/h5-9H,1-3H3. The molecule has 1 aromatic rings. The Labute approximate surface area is 96.6 Å². The molecule has 0 saturated carbocycles. The molecule has 4 heteroatoms. The molecule has 0 aliphatic carbocycles. The lowest BCUT2D eigenvalue weighted by molar-refractivity contribution is 0.181. The minimum absolute atomic E-state index is 0.140. The maximum absolute atomic E-state index is 11.8. The van der Waals surface area contributed by atoms with Crippen LogP contribution in [0.1, 0.15) is 20.8 Å². The molecule has 1 rings (SSSR count). The number of hydrogen-bond donors (Lipinski definition) is 0. The Bertz CT molecular complexity index is 504. The summed E-state index contributed by atoms with van der Waals surface area (Å²) in [6.07, 6.45) is 0. The maximum Gasteiger partial charge on any atom is 0.298 e. The van der Waals surface area contributed by atoms with Crippen molar-refractivity contribution in [1.29, 1.82) is 0 Å². The topological polar surface area (TPSA) is 43.4 Å². The molecule has 0 radical (unpaired) electrons. The number of benzene rings is 1. The molecule has 0 atom stereocenters. The Morgan fingerprint density at radius 1 is 1.19 bits per heavy atom. The second-order valence-electron chi connectivity index (χ2n) is 3.74. The SMILES string of the molecule is CC#CC(C)(C)OS(=O)(=O)c1ccccc1. The van der Waals surface area contributed by atoms with E-state index < -0.39 is 15.7 Å². The van der Waals surface area contributed by atoms with Crippen molar-refractivity contribution < 1.29 is 12.6 Å². The minimum atomic E-state index is -3.74. The average Bonchev–Trinajstić information content (AvgIpc) is 2.17. The highest BCUT2D eigenvalue weighted by Crippen LogP contribution is 2.19. The van der Waals surface area contributed by atoms with Crippen molar-refractivity contribution >= 4 is 10.1 Å². The number of rotatable bonds is 3. The Balaban J connectivity index is 3.01.